The Kier molecular flexibility index (Phi) is 5.82. The van der Waals surface area contributed by atoms with Crippen molar-refractivity contribution in [2.24, 2.45) is 17.3 Å². The van der Waals surface area contributed by atoms with Crippen LogP contribution < -0.4 is 5.32 Å². The highest BCUT2D eigenvalue weighted by Gasteiger charge is 2.55. The highest BCUT2D eigenvalue weighted by atomic mass is 32.1. The van der Waals surface area contributed by atoms with E-state index in [4.69, 9.17) is 0 Å². The number of hydrogen-bond acceptors (Lipinski definition) is 7. The Labute approximate surface area is 173 Å². The van der Waals surface area contributed by atoms with E-state index in [1.54, 1.807) is 10.4 Å². The molecule has 10 heteroatoms. The van der Waals surface area contributed by atoms with Crippen LogP contribution in [0.5, 0.6) is 0 Å². The Hall–Kier alpha value is -2.07. The molecule has 9 nitrogen and oxygen atoms in total. The van der Waals surface area contributed by atoms with Gasteiger partial charge in [-0.05, 0) is 37.0 Å². The van der Waals surface area contributed by atoms with Gasteiger partial charge in [-0.1, -0.05) is 37.0 Å². The van der Waals surface area contributed by atoms with E-state index in [0.29, 0.717) is 41.9 Å². The number of amides is 3. The maximum absolute atomic E-state index is 13.5. The van der Waals surface area contributed by atoms with Gasteiger partial charge in [0, 0.05) is 6.54 Å². The van der Waals surface area contributed by atoms with Crippen LogP contribution in [0.25, 0.3) is 0 Å². The van der Waals surface area contributed by atoms with Crippen LogP contribution in [0.2, 0.25) is 0 Å². The van der Waals surface area contributed by atoms with Crippen molar-refractivity contribution < 1.29 is 19.6 Å². The summed E-state index contributed by atoms with van der Waals surface area (Å²) in [4.78, 5) is 39.0. The molecule has 2 aliphatic carbocycles. The lowest BCUT2D eigenvalue weighted by Crippen LogP contribution is -2.48. The van der Waals surface area contributed by atoms with Gasteiger partial charge in [-0.15, -0.1) is 10.2 Å². The van der Waals surface area contributed by atoms with E-state index in [9.17, 15) is 19.6 Å². The molecule has 29 heavy (non-hydrogen) atoms. The molecule has 0 radical (unpaired) electrons. The molecule has 1 aliphatic heterocycles. The summed E-state index contributed by atoms with van der Waals surface area (Å²) in [5, 5.41) is 21.1. The molecule has 3 fully saturated rings. The van der Waals surface area contributed by atoms with E-state index in [1.807, 2.05) is 0 Å². The topological polar surface area (TPSA) is 116 Å². The van der Waals surface area contributed by atoms with Gasteiger partial charge in [0.05, 0.1) is 12.5 Å². The number of carbonyl (C=O) groups excluding carboxylic acids is 3. The standard InChI is InChI=1S/C19H27N5O4S/c25-12-23(28)9-14(7-13-3-1-2-4-13)17(27)24-10-19(5-6-19)8-15(24)16(26)21-18-22-20-11-29-18/h11-15,28H,1-10H2,(H,21,22,26)/t14-,15+/m1/s1. The monoisotopic (exact) mass is 421 g/mol. The molecule has 2 heterocycles. The molecule has 0 bridgehead atoms. The number of likely N-dealkylation sites (tertiary alicyclic amines) is 1. The minimum absolute atomic E-state index is 0.0347. The predicted octanol–water partition coefficient (Wildman–Crippen LogP) is 1.90. The summed E-state index contributed by atoms with van der Waals surface area (Å²) in [6.45, 7) is 0.529. The lowest BCUT2D eigenvalue weighted by molar-refractivity contribution is -0.158. The molecule has 2 N–H and O–H groups in total. The number of anilines is 1. The van der Waals surface area contributed by atoms with Crippen molar-refractivity contribution in [3.63, 3.8) is 0 Å². The van der Waals surface area contributed by atoms with Crippen LogP contribution in [0, 0.1) is 17.3 Å². The van der Waals surface area contributed by atoms with E-state index in [0.717, 1.165) is 38.5 Å². The lowest BCUT2D eigenvalue weighted by Gasteiger charge is -2.30. The molecule has 3 amide bonds. The Morgan fingerprint density at radius 3 is 2.79 bits per heavy atom. The van der Waals surface area contributed by atoms with Gasteiger partial charge in [-0.3, -0.25) is 24.9 Å². The summed E-state index contributed by atoms with van der Waals surface area (Å²) in [6.07, 6.45) is 8.11. The second-order valence-corrected chi connectivity index (χ2v) is 9.56. The normalized spacial score (nSPS) is 23.9. The summed E-state index contributed by atoms with van der Waals surface area (Å²) in [5.41, 5.74) is 1.59. The van der Waals surface area contributed by atoms with Gasteiger partial charge in [-0.2, -0.15) is 0 Å². The average Bonchev–Trinajstić information content (AvgIpc) is 3.13. The number of hydroxylamine groups is 2. The summed E-state index contributed by atoms with van der Waals surface area (Å²) < 4.78 is 0. The molecular weight excluding hydrogens is 394 g/mol. The smallest absolute Gasteiger partial charge is 0.249 e. The first-order valence-electron chi connectivity index (χ1n) is 10.3. The molecule has 0 aromatic carbocycles. The van der Waals surface area contributed by atoms with Crippen molar-refractivity contribution in [2.45, 2.75) is 57.4 Å². The number of aromatic nitrogens is 2. The van der Waals surface area contributed by atoms with Crippen molar-refractivity contribution in [3.05, 3.63) is 5.51 Å². The fourth-order valence-corrected chi connectivity index (χ4v) is 5.33. The van der Waals surface area contributed by atoms with Crippen molar-refractivity contribution in [2.75, 3.05) is 18.4 Å². The van der Waals surface area contributed by atoms with Gasteiger partial charge in [0.1, 0.15) is 11.6 Å². The van der Waals surface area contributed by atoms with E-state index < -0.39 is 12.0 Å². The molecule has 3 aliphatic rings. The SMILES string of the molecule is O=CN(O)C[C@@H](CC1CCCC1)C(=O)N1CC2(CC2)C[C@H]1C(=O)Nc1nncs1. The zero-order valence-corrected chi connectivity index (χ0v) is 17.1. The van der Waals surface area contributed by atoms with E-state index >= 15 is 0 Å². The lowest BCUT2D eigenvalue weighted by atomic mass is 9.91. The number of nitrogens with zero attached hydrogens (tertiary/aromatic N) is 4. The Morgan fingerprint density at radius 2 is 2.17 bits per heavy atom. The maximum atomic E-state index is 13.5. The predicted molar refractivity (Wildman–Crippen MR) is 105 cm³/mol. The number of hydrogen-bond donors (Lipinski definition) is 2. The first kappa shape index (κ1) is 20.2. The van der Waals surface area contributed by atoms with Crippen LogP contribution in [0.4, 0.5) is 5.13 Å². The largest absolute Gasteiger partial charge is 0.330 e. The number of nitrogens with one attached hydrogen (secondary N) is 1. The van der Waals surface area contributed by atoms with E-state index in [1.165, 1.54) is 11.3 Å². The van der Waals surface area contributed by atoms with Gasteiger partial charge in [-0.25, -0.2) is 5.06 Å². The molecule has 2 saturated carbocycles. The summed E-state index contributed by atoms with van der Waals surface area (Å²) in [5.74, 6) is -0.456. The molecule has 0 unspecified atom stereocenters. The second kappa shape index (κ2) is 8.35. The van der Waals surface area contributed by atoms with Crippen molar-refractivity contribution >= 4 is 34.7 Å². The highest BCUT2D eigenvalue weighted by Crippen LogP contribution is 2.55. The van der Waals surface area contributed by atoms with Crippen LogP contribution >= 0.6 is 11.3 Å². The molecule has 1 aromatic heterocycles. The molecule has 1 spiro atoms. The van der Waals surface area contributed by atoms with Crippen molar-refractivity contribution in [1.82, 2.24) is 20.2 Å². The zero-order valence-electron chi connectivity index (χ0n) is 16.3. The summed E-state index contributed by atoms with van der Waals surface area (Å²) >= 11 is 1.24. The molecule has 2 atom stereocenters. The van der Waals surface area contributed by atoms with E-state index in [2.05, 4.69) is 15.5 Å². The van der Waals surface area contributed by atoms with Crippen LogP contribution in [0.1, 0.15) is 51.4 Å². The first-order chi connectivity index (χ1) is 14.0. The minimum Gasteiger partial charge on any atom is -0.330 e. The van der Waals surface area contributed by atoms with Crippen molar-refractivity contribution in [3.8, 4) is 0 Å². The van der Waals surface area contributed by atoms with Crippen molar-refractivity contribution in [1.29, 1.82) is 0 Å². The molecule has 158 valence electrons. The Bertz CT molecular complexity index is 748. The Morgan fingerprint density at radius 1 is 1.41 bits per heavy atom. The van der Waals surface area contributed by atoms with Crippen LogP contribution in [-0.2, 0) is 14.4 Å². The van der Waals surface area contributed by atoms with Crippen LogP contribution in [-0.4, -0.2) is 62.7 Å². The number of rotatable bonds is 8. The number of carbonyl (C=O) groups is 3. The third-order valence-electron chi connectivity index (χ3n) is 6.61. The third-order valence-corrected chi connectivity index (χ3v) is 7.22. The first-order valence-corrected chi connectivity index (χ1v) is 11.2. The average molecular weight is 422 g/mol. The van der Waals surface area contributed by atoms with Gasteiger partial charge in [0.2, 0.25) is 23.4 Å². The molecule has 1 aromatic rings. The highest BCUT2D eigenvalue weighted by molar-refractivity contribution is 7.13. The molecular formula is C19H27N5O4S. The van der Waals surface area contributed by atoms with Gasteiger partial charge in [0.15, 0.2) is 0 Å². The fourth-order valence-electron chi connectivity index (χ4n) is 4.88. The summed E-state index contributed by atoms with van der Waals surface area (Å²) in [7, 11) is 0. The quantitative estimate of drug-likeness (QED) is 0.376. The third kappa shape index (κ3) is 4.58. The van der Waals surface area contributed by atoms with Crippen LogP contribution in [0.15, 0.2) is 5.51 Å². The minimum atomic E-state index is -0.552. The second-order valence-electron chi connectivity index (χ2n) is 8.73. The van der Waals surface area contributed by atoms with Gasteiger partial charge >= 0.3 is 0 Å². The molecule has 4 rings (SSSR count). The maximum Gasteiger partial charge on any atom is 0.249 e. The molecule has 1 saturated heterocycles. The van der Waals surface area contributed by atoms with Gasteiger partial charge < -0.3 is 4.90 Å². The zero-order chi connectivity index (χ0) is 20.4. The van der Waals surface area contributed by atoms with E-state index in [-0.39, 0.29) is 23.8 Å². The fraction of sp³-hybridized carbons (Fsp3) is 0.737. The van der Waals surface area contributed by atoms with Crippen LogP contribution in [0.3, 0.4) is 0 Å². The van der Waals surface area contributed by atoms with Gasteiger partial charge in [0.25, 0.3) is 0 Å². The Balaban J connectivity index is 1.50. The summed E-state index contributed by atoms with van der Waals surface area (Å²) in [6, 6.07) is -0.552.